The Hall–Kier alpha value is -4.78. The van der Waals surface area contributed by atoms with Crippen molar-refractivity contribution in [2.45, 2.75) is 31.7 Å². The van der Waals surface area contributed by atoms with Crippen LogP contribution in [0.2, 0.25) is 5.02 Å². The number of nitrogens with zero attached hydrogens (tertiary/aromatic N) is 4. The minimum atomic E-state index is -1.29. The van der Waals surface area contributed by atoms with E-state index in [2.05, 4.69) is 36.8 Å². The number of amides is 4. The Morgan fingerprint density at radius 1 is 1.15 bits per heavy atom. The van der Waals surface area contributed by atoms with Gasteiger partial charge >= 0.3 is 6.09 Å². The minimum absolute atomic E-state index is 0.0895. The zero-order valence-corrected chi connectivity index (χ0v) is 21.3. The second-order valence-corrected chi connectivity index (χ2v) is 9.02. The maximum absolute atomic E-state index is 13.1. The van der Waals surface area contributed by atoms with E-state index >= 15 is 0 Å². The molecular weight excluding hydrogens is 528 g/mol. The van der Waals surface area contributed by atoms with Crippen LogP contribution >= 0.6 is 11.6 Å². The highest BCUT2D eigenvalue weighted by Crippen LogP contribution is 2.23. The number of anilines is 2. The first-order chi connectivity index (χ1) is 18.8. The van der Waals surface area contributed by atoms with Crippen LogP contribution in [0.5, 0.6) is 0 Å². The van der Waals surface area contributed by atoms with Gasteiger partial charge in [-0.2, -0.15) is 0 Å². The highest BCUT2D eigenvalue weighted by atomic mass is 35.5. The number of carbonyl (C=O) groups excluding carboxylic acids is 3. The molecule has 1 aromatic heterocycles. The number of carboxylic acid groups (broad SMARTS) is 1. The van der Waals surface area contributed by atoms with E-state index in [9.17, 15) is 19.2 Å². The van der Waals surface area contributed by atoms with Crippen LogP contribution in [0.15, 0.2) is 54.9 Å². The molecule has 0 bridgehead atoms. The Morgan fingerprint density at radius 3 is 2.77 bits per heavy atom. The second kappa shape index (κ2) is 12.6. The van der Waals surface area contributed by atoms with Crippen molar-refractivity contribution in [3.05, 3.63) is 71.0 Å². The lowest BCUT2D eigenvalue weighted by atomic mass is 10.1. The first-order valence-electron chi connectivity index (χ1n) is 12.0. The molecule has 2 heterocycles. The van der Waals surface area contributed by atoms with Crippen LogP contribution in [0.3, 0.4) is 0 Å². The number of allylic oxidation sites excluding steroid dienone is 1. The van der Waals surface area contributed by atoms with E-state index in [4.69, 9.17) is 16.7 Å². The van der Waals surface area contributed by atoms with Gasteiger partial charge < -0.3 is 21.1 Å². The Labute approximate surface area is 227 Å². The van der Waals surface area contributed by atoms with Crippen LogP contribution in [0.1, 0.15) is 35.2 Å². The molecule has 202 valence electrons. The molecule has 0 spiro atoms. The van der Waals surface area contributed by atoms with Gasteiger partial charge in [-0.1, -0.05) is 23.8 Å². The normalized spacial score (nSPS) is 15.7. The summed E-state index contributed by atoms with van der Waals surface area (Å²) in [6.07, 6.45) is 4.88. The molecule has 0 fully saturated rings. The molecule has 4 amide bonds. The predicted molar refractivity (Wildman–Crippen MR) is 142 cm³/mol. The lowest BCUT2D eigenvalue weighted by Gasteiger charge is -2.20. The molecule has 0 aliphatic carbocycles. The number of tetrazole rings is 1. The smallest absolute Gasteiger partial charge is 0.409 e. The van der Waals surface area contributed by atoms with Gasteiger partial charge in [-0.3, -0.25) is 19.7 Å². The van der Waals surface area contributed by atoms with Crippen molar-refractivity contribution in [2.75, 3.05) is 17.2 Å². The molecule has 1 unspecified atom stereocenters. The summed E-state index contributed by atoms with van der Waals surface area (Å²) in [5, 5.41) is 31.1. The SMILES string of the molecule is O=C(O)Nc1ccc2c(c1)NC(=O)CCC=CCC(C(=O)NCCc1cc(Cl)ccc1-n1cnnn1)NC2=O. The Kier molecular flexibility index (Phi) is 8.84. The molecule has 4 rings (SSSR count). The fourth-order valence-corrected chi connectivity index (χ4v) is 4.18. The summed E-state index contributed by atoms with van der Waals surface area (Å²) in [5.41, 5.74) is 1.93. The highest BCUT2D eigenvalue weighted by molar-refractivity contribution is 6.30. The molecule has 39 heavy (non-hydrogen) atoms. The molecule has 1 aliphatic heterocycles. The molecule has 0 radical (unpaired) electrons. The van der Waals surface area contributed by atoms with Crippen molar-refractivity contribution in [3.8, 4) is 5.69 Å². The van der Waals surface area contributed by atoms with Crippen LogP contribution in [0.4, 0.5) is 16.2 Å². The third kappa shape index (κ3) is 7.38. The van der Waals surface area contributed by atoms with Gasteiger partial charge in [0.15, 0.2) is 0 Å². The van der Waals surface area contributed by atoms with Crippen molar-refractivity contribution < 1.29 is 24.3 Å². The van der Waals surface area contributed by atoms with E-state index < -0.39 is 23.9 Å². The molecule has 0 saturated carbocycles. The van der Waals surface area contributed by atoms with Gasteiger partial charge in [0.05, 0.1) is 16.9 Å². The number of halogens is 1. The third-order valence-corrected chi connectivity index (χ3v) is 6.05. The van der Waals surface area contributed by atoms with Crippen LogP contribution in [-0.4, -0.2) is 61.7 Å². The van der Waals surface area contributed by atoms with Crippen molar-refractivity contribution >= 4 is 46.8 Å². The van der Waals surface area contributed by atoms with E-state index in [-0.39, 0.29) is 42.2 Å². The van der Waals surface area contributed by atoms with E-state index in [0.717, 1.165) is 11.3 Å². The van der Waals surface area contributed by atoms with Crippen LogP contribution < -0.4 is 21.3 Å². The summed E-state index contributed by atoms with van der Waals surface area (Å²) in [7, 11) is 0. The second-order valence-electron chi connectivity index (χ2n) is 8.58. The van der Waals surface area contributed by atoms with Gasteiger partial charge in [0.2, 0.25) is 11.8 Å². The van der Waals surface area contributed by atoms with Gasteiger partial charge in [-0.25, -0.2) is 9.48 Å². The summed E-state index contributed by atoms with van der Waals surface area (Å²) in [6, 6.07) is 8.50. The standard InChI is InChI=1S/C25H25ClN8O5/c26-16-6-9-21(34-14-28-32-33-34)15(12-16)10-11-27-24(37)19-4-2-1-3-5-22(35)30-20-13-17(29-25(38)39)7-8-18(20)23(36)31-19/h1-2,6-9,12-14,19,29H,3-5,10-11H2,(H,27,37)(H,30,35)(H,31,36)(H,38,39). The number of hydrogen-bond donors (Lipinski definition) is 5. The average molecular weight is 553 g/mol. The van der Waals surface area contributed by atoms with E-state index in [1.54, 1.807) is 30.4 Å². The molecule has 3 aromatic rings. The molecule has 1 aliphatic rings. The van der Waals surface area contributed by atoms with E-state index in [1.807, 2.05) is 0 Å². The van der Waals surface area contributed by atoms with Crippen LogP contribution in [-0.2, 0) is 16.0 Å². The molecule has 5 N–H and O–H groups in total. The largest absolute Gasteiger partial charge is 0.465 e. The van der Waals surface area contributed by atoms with Crippen molar-refractivity contribution in [3.63, 3.8) is 0 Å². The molecule has 1 atom stereocenters. The maximum atomic E-state index is 13.1. The topological polar surface area (TPSA) is 180 Å². The van der Waals surface area contributed by atoms with Crippen LogP contribution in [0.25, 0.3) is 5.69 Å². The van der Waals surface area contributed by atoms with Crippen LogP contribution in [0, 0.1) is 0 Å². The Balaban J connectivity index is 1.48. The lowest BCUT2D eigenvalue weighted by molar-refractivity contribution is -0.123. The average Bonchev–Trinajstić information content (AvgIpc) is 3.41. The number of rotatable bonds is 6. The zero-order valence-electron chi connectivity index (χ0n) is 20.6. The van der Waals surface area contributed by atoms with Gasteiger partial charge in [0, 0.05) is 23.7 Å². The van der Waals surface area contributed by atoms with Gasteiger partial charge in [0.25, 0.3) is 5.91 Å². The van der Waals surface area contributed by atoms with Crippen molar-refractivity contribution in [2.24, 2.45) is 0 Å². The lowest BCUT2D eigenvalue weighted by Crippen LogP contribution is -2.47. The minimum Gasteiger partial charge on any atom is -0.465 e. The zero-order chi connectivity index (χ0) is 27.8. The number of benzene rings is 2. The summed E-state index contributed by atoms with van der Waals surface area (Å²) in [4.78, 5) is 49.6. The highest BCUT2D eigenvalue weighted by Gasteiger charge is 2.23. The predicted octanol–water partition coefficient (Wildman–Crippen LogP) is 2.54. The Bertz CT molecular complexity index is 1410. The summed E-state index contributed by atoms with van der Waals surface area (Å²) < 4.78 is 1.50. The van der Waals surface area contributed by atoms with Gasteiger partial charge in [-0.05, 0) is 71.7 Å². The van der Waals surface area contributed by atoms with Gasteiger partial charge in [0.1, 0.15) is 12.4 Å². The fourth-order valence-electron chi connectivity index (χ4n) is 3.98. The van der Waals surface area contributed by atoms with E-state index in [1.165, 1.54) is 29.2 Å². The monoisotopic (exact) mass is 552 g/mol. The molecule has 14 heteroatoms. The quantitative estimate of drug-likeness (QED) is 0.289. The van der Waals surface area contributed by atoms with Gasteiger partial charge in [-0.15, -0.1) is 5.10 Å². The van der Waals surface area contributed by atoms with E-state index in [0.29, 0.717) is 17.9 Å². The number of aromatic nitrogens is 4. The number of carbonyl (C=O) groups is 4. The first kappa shape index (κ1) is 27.3. The molecular formula is C25H25ClN8O5. The Morgan fingerprint density at radius 2 is 2.00 bits per heavy atom. The molecule has 13 nitrogen and oxygen atoms in total. The third-order valence-electron chi connectivity index (χ3n) is 5.82. The molecule has 0 saturated heterocycles. The summed E-state index contributed by atoms with van der Waals surface area (Å²) >= 11 is 6.17. The number of fused-ring (bicyclic) bond motifs is 1. The summed E-state index contributed by atoms with van der Waals surface area (Å²) in [6.45, 7) is 0.251. The fraction of sp³-hybridized carbons (Fsp3) is 0.240. The first-order valence-corrected chi connectivity index (χ1v) is 12.4. The van der Waals surface area contributed by atoms with Crippen molar-refractivity contribution in [1.82, 2.24) is 30.8 Å². The maximum Gasteiger partial charge on any atom is 0.409 e. The molecule has 2 aromatic carbocycles. The van der Waals surface area contributed by atoms with Crippen molar-refractivity contribution in [1.29, 1.82) is 0 Å². The summed E-state index contributed by atoms with van der Waals surface area (Å²) in [5.74, 6) is -1.33. The number of nitrogens with one attached hydrogen (secondary N) is 4. The number of hydrogen-bond acceptors (Lipinski definition) is 7.